The summed E-state index contributed by atoms with van der Waals surface area (Å²) in [6.07, 6.45) is 1.53. The number of carbonyl (C=O) groups excluding carboxylic acids is 1. The monoisotopic (exact) mass is 297 g/mol. The number of ether oxygens (including phenoxy) is 1. The summed E-state index contributed by atoms with van der Waals surface area (Å²) in [5.74, 6) is 0.764. The van der Waals surface area contributed by atoms with Crippen LogP contribution < -0.4 is 4.74 Å². The van der Waals surface area contributed by atoms with Crippen molar-refractivity contribution in [2.75, 3.05) is 19.7 Å². The Morgan fingerprint density at radius 2 is 2.20 bits per heavy atom. The van der Waals surface area contributed by atoms with Gasteiger partial charge in [-0.25, -0.2) is 0 Å². The molecule has 0 aliphatic carbocycles. The van der Waals surface area contributed by atoms with E-state index in [0.29, 0.717) is 17.3 Å². The van der Waals surface area contributed by atoms with E-state index in [1.165, 1.54) is 0 Å². The maximum atomic E-state index is 12.1. The van der Waals surface area contributed by atoms with Crippen molar-refractivity contribution in [3.8, 4) is 5.75 Å². The fourth-order valence-corrected chi connectivity index (χ4v) is 2.52. The quantitative estimate of drug-likeness (QED) is 0.928. The van der Waals surface area contributed by atoms with Crippen LogP contribution in [0.15, 0.2) is 24.3 Å². The number of rotatable bonds is 4. The molecule has 0 aromatic heterocycles. The molecule has 1 saturated heterocycles. The predicted molar refractivity (Wildman–Crippen MR) is 77.9 cm³/mol. The molecule has 1 N–H and O–H groups in total. The number of hydrogen-bond donors (Lipinski definition) is 1. The minimum atomic E-state index is -0.372. The van der Waals surface area contributed by atoms with Crippen molar-refractivity contribution < 1.29 is 14.6 Å². The lowest BCUT2D eigenvalue weighted by molar-refractivity contribution is -0.136. The molecule has 1 aliphatic heterocycles. The number of benzene rings is 1. The molecule has 1 heterocycles. The van der Waals surface area contributed by atoms with Crippen LogP contribution in [0.4, 0.5) is 0 Å². The van der Waals surface area contributed by atoms with E-state index >= 15 is 0 Å². The van der Waals surface area contributed by atoms with Crippen molar-refractivity contribution >= 4 is 17.5 Å². The third-order valence-electron chi connectivity index (χ3n) is 3.67. The minimum absolute atomic E-state index is 0.0220. The maximum absolute atomic E-state index is 12.1. The van der Waals surface area contributed by atoms with Gasteiger partial charge in [0.15, 0.2) is 6.61 Å². The molecular weight excluding hydrogens is 278 g/mol. The van der Waals surface area contributed by atoms with Crippen LogP contribution in [0.2, 0.25) is 5.02 Å². The molecule has 1 aliphatic rings. The molecule has 2 unspecified atom stereocenters. The second-order valence-corrected chi connectivity index (χ2v) is 5.66. The van der Waals surface area contributed by atoms with Gasteiger partial charge in [-0.1, -0.05) is 11.6 Å². The molecule has 0 radical (unpaired) electrons. The van der Waals surface area contributed by atoms with Gasteiger partial charge in [-0.15, -0.1) is 0 Å². The highest BCUT2D eigenvalue weighted by Gasteiger charge is 2.26. The van der Waals surface area contributed by atoms with Gasteiger partial charge in [0.1, 0.15) is 5.75 Å². The molecular formula is C15H20ClNO3. The van der Waals surface area contributed by atoms with E-state index in [-0.39, 0.29) is 24.5 Å². The smallest absolute Gasteiger partial charge is 0.260 e. The van der Waals surface area contributed by atoms with Crippen molar-refractivity contribution in [1.82, 2.24) is 4.90 Å². The second kappa shape index (κ2) is 6.95. The lowest BCUT2D eigenvalue weighted by Crippen LogP contribution is -2.44. The second-order valence-electron chi connectivity index (χ2n) is 5.23. The Balaban J connectivity index is 1.83. The molecule has 1 amide bonds. The van der Waals surface area contributed by atoms with E-state index in [4.69, 9.17) is 16.3 Å². The van der Waals surface area contributed by atoms with Gasteiger partial charge in [0.25, 0.3) is 5.91 Å². The topological polar surface area (TPSA) is 49.8 Å². The molecule has 4 nitrogen and oxygen atoms in total. The molecule has 1 aromatic rings. The fourth-order valence-electron chi connectivity index (χ4n) is 2.40. The van der Waals surface area contributed by atoms with Gasteiger partial charge < -0.3 is 14.7 Å². The summed E-state index contributed by atoms with van der Waals surface area (Å²) in [6.45, 7) is 3.16. The number of carbonyl (C=O) groups is 1. The van der Waals surface area contributed by atoms with Crippen molar-refractivity contribution in [3.63, 3.8) is 0 Å². The van der Waals surface area contributed by atoms with Crippen LogP contribution in [0.1, 0.15) is 19.8 Å². The van der Waals surface area contributed by atoms with Crippen molar-refractivity contribution in [2.24, 2.45) is 5.92 Å². The summed E-state index contributed by atoms with van der Waals surface area (Å²) in [4.78, 5) is 13.9. The van der Waals surface area contributed by atoms with Crippen LogP contribution in [0.25, 0.3) is 0 Å². The summed E-state index contributed by atoms with van der Waals surface area (Å²) < 4.78 is 5.46. The van der Waals surface area contributed by atoms with Gasteiger partial charge in [0, 0.05) is 24.0 Å². The summed E-state index contributed by atoms with van der Waals surface area (Å²) in [7, 11) is 0. The van der Waals surface area contributed by atoms with Crippen LogP contribution in [0.5, 0.6) is 5.75 Å². The van der Waals surface area contributed by atoms with E-state index in [0.717, 1.165) is 19.4 Å². The number of piperidine rings is 1. The molecule has 1 fully saturated rings. The molecule has 0 spiro atoms. The van der Waals surface area contributed by atoms with Gasteiger partial charge in [0.05, 0.1) is 6.10 Å². The normalized spacial score (nSPS) is 20.6. The number of likely N-dealkylation sites (tertiary alicyclic amines) is 1. The number of halogens is 1. The zero-order valence-corrected chi connectivity index (χ0v) is 12.3. The van der Waals surface area contributed by atoms with Gasteiger partial charge in [0.2, 0.25) is 0 Å². The van der Waals surface area contributed by atoms with Gasteiger partial charge >= 0.3 is 0 Å². The first-order valence-electron chi connectivity index (χ1n) is 6.90. The summed E-state index contributed by atoms with van der Waals surface area (Å²) in [5, 5.41) is 10.3. The van der Waals surface area contributed by atoms with Gasteiger partial charge in [-0.05, 0) is 44.0 Å². The maximum Gasteiger partial charge on any atom is 0.260 e. The highest BCUT2D eigenvalue weighted by Crippen LogP contribution is 2.20. The summed E-state index contributed by atoms with van der Waals surface area (Å²) in [6, 6.07) is 6.94. The number of nitrogens with zero attached hydrogens (tertiary/aromatic N) is 1. The summed E-state index contributed by atoms with van der Waals surface area (Å²) >= 11 is 5.79. The SMILES string of the molecule is CC(O)C1CCCN(C(=O)COc2ccc(Cl)cc2)C1. The van der Waals surface area contributed by atoms with Gasteiger partial charge in [-0.2, -0.15) is 0 Å². The Bertz CT molecular complexity index is 447. The highest BCUT2D eigenvalue weighted by atomic mass is 35.5. The van der Waals surface area contributed by atoms with Crippen LogP contribution in [-0.2, 0) is 4.79 Å². The number of amides is 1. The van der Waals surface area contributed by atoms with E-state index in [1.807, 2.05) is 0 Å². The molecule has 110 valence electrons. The lowest BCUT2D eigenvalue weighted by Gasteiger charge is -2.34. The molecule has 0 bridgehead atoms. The van der Waals surface area contributed by atoms with E-state index in [9.17, 15) is 9.90 Å². The van der Waals surface area contributed by atoms with Crippen molar-refractivity contribution in [3.05, 3.63) is 29.3 Å². The van der Waals surface area contributed by atoms with Crippen LogP contribution >= 0.6 is 11.6 Å². The first-order valence-corrected chi connectivity index (χ1v) is 7.28. The highest BCUT2D eigenvalue weighted by molar-refractivity contribution is 6.30. The van der Waals surface area contributed by atoms with E-state index < -0.39 is 0 Å². The Morgan fingerprint density at radius 1 is 1.50 bits per heavy atom. The van der Waals surface area contributed by atoms with Crippen LogP contribution in [0.3, 0.4) is 0 Å². The Hall–Kier alpha value is -1.26. The number of aliphatic hydroxyl groups excluding tert-OH is 1. The molecule has 0 saturated carbocycles. The van der Waals surface area contributed by atoms with E-state index in [1.54, 1.807) is 36.1 Å². The minimum Gasteiger partial charge on any atom is -0.484 e. The predicted octanol–water partition coefficient (Wildman–Crippen LogP) is 2.34. The number of aliphatic hydroxyl groups is 1. The number of hydrogen-bond acceptors (Lipinski definition) is 3. The van der Waals surface area contributed by atoms with Crippen LogP contribution in [0, 0.1) is 5.92 Å². The average molecular weight is 298 g/mol. The Morgan fingerprint density at radius 3 is 2.85 bits per heavy atom. The molecule has 5 heteroatoms. The van der Waals surface area contributed by atoms with Gasteiger partial charge in [-0.3, -0.25) is 4.79 Å². The largest absolute Gasteiger partial charge is 0.484 e. The summed E-state index contributed by atoms with van der Waals surface area (Å²) in [5.41, 5.74) is 0. The first-order chi connectivity index (χ1) is 9.56. The van der Waals surface area contributed by atoms with Crippen molar-refractivity contribution in [2.45, 2.75) is 25.9 Å². The zero-order chi connectivity index (χ0) is 14.5. The van der Waals surface area contributed by atoms with Crippen LogP contribution in [-0.4, -0.2) is 41.7 Å². The molecule has 2 atom stereocenters. The first kappa shape index (κ1) is 15.1. The molecule has 20 heavy (non-hydrogen) atoms. The Kier molecular flexibility index (Phi) is 5.26. The lowest BCUT2D eigenvalue weighted by atomic mass is 9.93. The standard InChI is InChI=1S/C15H20ClNO3/c1-11(18)12-3-2-8-17(9-12)15(19)10-20-14-6-4-13(16)5-7-14/h4-7,11-12,18H,2-3,8-10H2,1H3. The molecule has 2 rings (SSSR count). The van der Waals surface area contributed by atoms with E-state index in [2.05, 4.69) is 0 Å². The zero-order valence-electron chi connectivity index (χ0n) is 11.6. The van der Waals surface area contributed by atoms with Crippen molar-refractivity contribution in [1.29, 1.82) is 0 Å². The molecule has 1 aromatic carbocycles. The average Bonchev–Trinajstić information content (AvgIpc) is 2.46. The fraction of sp³-hybridized carbons (Fsp3) is 0.533. The Labute approximate surface area is 124 Å². The third-order valence-corrected chi connectivity index (χ3v) is 3.92. The third kappa shape index (κ3) is 4.12.